The van der Waals surface area contributed by atoms with Gasteiger partial charge in [0, 0.05) is 26.7 Å². The number of rotatable bonds is 7. The lowest BCUT2D eigenvalue weighted by molar-refractivity contribution is -0.142. The summed E-state index contributed by atoms with van der Waals surface area (Å²) in [4.78, 5) is 55.9. The lowest BCUT2D eigenvalue weighted by Gasteiger charge is -2.37. The number of fused-ring (bicyclic) bond motifs is 1. The van der Waals surface area contributed by atoms with E-state index in [0.717, 1.165) is 5.56 Å². The van der Waals surface area contributed by atoms with Crippen LogP contribution >= 0.6 is 0 Å². The summed E-state index contributed by atoms with van der Waals surface area (Å²) in [6, 6.07) is 3.40. The Labute approximate surface area is 217 Å². The van der Waals surface area contributed by atoms with Gasteiger partial charge in [-0.05, 0) is 43.5 Å². The first-order valence-electron chi connectivity index (χ1n) is 12.7. The van der Waals surface area contributed by atoms with Crippen LogP contribution in [0.3, 0.4) is 0 Å². The second kappa shape index (κ2) is 11.5. The molecule has 5 unspecified atom stereocenters. The van der Waals surface area contributed by atoms with Gasteiger partial charge >= 0.3 is 6.03 Å². The number of nitrogens with zero attached hydrogens (tertiary/aromatic N) is 2. The number of carbonyl (C=O) groups excluding carboxylic acids is 4. The van der Waals surface area contributed by atoms with Crippen LogP contribution in [0.15, 0.2) is 24.3 Å². The molecule has 1 aromatic carbocycles. The fraction of sp³-hybridized carbons (Fsp3) is 0.615. The zero-order chi connectivity index (χ0) is 27.5. The van der Waals surface area contributed by atoms with E-state index in [2.05, 4.69) is 21.3 Å². The second-order valence-electron chi connectivity index (χ2n) is 10.9. The number of hydrogen-bond donors (Lipinski definition) is 4. The summed E-state index contributed by atoms with van der Waals surface area (Å²) in [5.74, 6) is -1.86. The standard InChI is InChI=1S/C26H39FN6O4/c1-15(28-5)22(34)31-21(26(2,3)4)24(36)32-12-11-19-20(32)18(14-33(19)25(37)29-6)23(35)30-13-16-7-9-17(27)10-8-16/h7-10,15,18-21,28H,11-14H2,1-6H3,(H,29,37)(H,30,35)(H,31,34). The minimum absolute atomic E-state index is 0.164. The highest BCUT2D eigenvalue weighted by Crippen LogP contribution is 2.37. The molecule has 10 nitrogen and oxygen atoms in total. The van der Waals surface area contributed by atoms with Crippen LogP contribution in [0, 0.1) is 17.2 Å². The number of amides is 5. The largest absolute Gasteiger partial charge is 0.352 e. The Morgan fingerprint density at radius 2 is 1.73 bits per heavy atom. The number of nitrogens with one attached hydrogen (secondary N) is 4. The zero-order valence-electron chi connectivity index (χ0n) is 22.4. The van der Waals surface area contributed by atoms with Crippen molar-refractivity contribution in [1.29, 1.82) is 0 Å². The number of likely N-dealkylation sites (tertiary alicyclic amines) is 2. The van der Waals surface area contributed by atoms with Crippen molar-refractivity contribution >= 4 is 23.8 Å². The number of likely N-dealkylation sites (N-methyl/N-ethyl adjacent to an activating group) is 1. The van der Waals surface area contributed by atoms with Crippen molar-refractivity contribution in [3.8, 4) is 0 Å². The molecular formula is C26H39FN6O4. The van der Waals surface area contributed by atoms with Crippen LogP contribution in [-0.2, 0) is 20.9 Å². The van der Waals surface area contributed by atoms with E-state index in [9.17, 15) is 23.6 Å². The SMILES string of the molecule is CNC(=O)N1CC(C(=O)NCc2ccc(F)cc2)C2C1CCN2C(=O)C(NC(=O)C(C)NC)C(C)(C)C. The summed E-state index contributed by atoms with van der Waals surface area (Å²) in [6.07, 6.45) is 0.531. The molecule has 0 radical (unpaired) electrons. The molecule has 1 aromatic rings. The molecule has 0 aromatic heterocycles. The molecule has 2 heterocycles. The summed E-state index contributed by atoms with van der Waals surface area (Å²) in [5.41, 5.74) is 0.151. The molecule has 4 N–H and O–H groups in total. The minimum atomic E-state index is -0.813. The maximum Gasteiger partial charge on any atom is 0.317 e. The Hall–Kier alpha value is -3.21. The first-order valence-corrected chi connectivity index (χ1v) is 12.7. The maximum atomic E-state index is 13.9. The average Bonchev–Trinajstić information content (AvgIpc) is 3.45. The minimum Gasteiger partial charge on any atom is -0.352 e. The molecule has 2 saturated heterocycles. The van der Waals surface area contributed by atoms with Crippen LogP contribution < -0.4 is 21.3 Å². The van der Waals surface area contributed by atoms with Gasteiger partial charge < -0.3 is 31.1 Å². The molecule has 2 aliphatic heterocycles. The molecule has 5 atom stereocenters. The summed E-state index contributed by atoms with van der Waals surface area (Å²) in [7, 11) is 3.20. The van der Waals surface area contributed by atoms with Crippen molar-refractivity contribution in [2.75, 3.05) is 27.2 Å². The molecule has 0 saturated carbocycles. The molecule has 0 aliphatic carbocycles. The average molecular weight is 519 g/mol. The van der Waals surface area contributed by atoms with Crippen molar-refractivity contribution in [3.63, 3.8) is 0 Å². The van der Waals surface area contributed by atoms with Crippen molar-refractivity contribution in [2.45, 2.75) is 64.8 Å². The van der Waals surface area contributed by atoms with Crippen LogP contribution in [0.1, 0.15) is 39.7 Å². The Balaban J connectivity index is 1.85. The number of benzene rings is 1. The summed E-state index contributed by atoms with van der Waals surface area (Å²) >= 11 is 0. The van der Waals surface area contributed by atoms with E-state index < -0.39 is 29.5 Å². The quantitative estimate of drug-likeness (QED) is 0.426. The van der Waals surface area contributed by atoms with E-state index in [1.807, 2.05) is 20.8 Å². The van der Waals surface area contributed by atoms with Gasteiger partial charge in [0.05, 0.1) is 24.0 Å². The van der Waals surface area contributed by atoms with E-state index >= 15 is 0 Å². The molecule has 204 valence electrons. The zero-order valence-corrected chi connectivity index (χ0v) is 22.4. The highest BCUT2D eigenvalue weighted by Gasteiger charge is 2.55. The molecule has 3 rings (SSSR count). The summed E-state index contributed by atoms with van der Waals surface area (Å²) < 4.78 is 13.2. The summed E-state index contributed by atoms with van der Waals surface area (Å²) in [6.45, 7) is 8.09. The van der Waals surface area contributed by atoms with E-state index in [1.165, 1.54) is 19.2 Å². The van der Waals surface area contributed by atoms with E-state index in [-0.39, 0.29) is 48.7 Å². The molecule has 2 aliphatic rings. The second-order valence-corrected chi connectivity index (χ2v) is 10.9. The van der Waals surface area contributed by atoms with Gasteiger partial charge in [0.15, 0.2) is 0 Å². The van der Waals surface area contributed by atoms with E-state index in [4.69, 9.17) is 0 Å². The number of carbonyl (C=O) groups is 4. The Kier molecular flexibility index (Phi) is 8.78. The Morgan fingerprint density at radius 3 is 2.30 bits per heavy atom. The maximum absolute atomic E-state index is 13.9. The molecule has 5 amide bonds. The number of urea groups is 1. The van der Waals surface area contributed by atoms with Gasteiger partial charge in [-0.25, -0.2) is 9.18 Å². The Bertz CT molecular complexity index is 1010. The predicted octanol–water partition coefficient (Wildman–Crippen LogP) is 0.821. The lowest BCUT2D eigenvalue weighted by Crippen LogP contribution is -2.59. The molecule has 2 fully saturated rings. The third-order valence-electron chi connectivity index (χ3n) is 7.33. The van der Waals surface area contributed by atoms with Crippen molar-refractivity contribution < 1.29 is 23.6 Å². The summed E-state index contributed by atoms with van der Waals surface area (Å²) in [5, 5.41) is 11.3. The van der Waals surface area contributed by atoms with Crippen LogP contribution in [-0.4, -0.2) is 84.9 Å². The topological polar surface area (TPSA) is 123 Å². The first kappa shape index (κ1) is 28.4. The molecule has 0 bridgehead atoms. The van der Waals surface area contributed by atoms with Gasteiger partial charge in [-0.2, -0.15) is 0 Å². The molecular weight excluding hydrogens is 479 g/mol. The highest BCUT2D eigenvalue weighted by molar-refractivity contribution is 5.91. The highest BCUT2D eigenvalue weighted by atomic mass is 19.1. The van der Waals surface area contributed by atoms with E-state index in [1.54, 1.807) is 35.9 Å². The Morgan fingerprint density at radius 1 is 1.08 bits per heavy atom. The van der Waals surface area contributed by atoms with Gasteiger partial charge in [-0.15, -0.1) is 0 Å². The fourth-order valence-corrected chi connectivity index (χ4v) is 5.09. The van der Waals surface area contributed by atoms with Crippen molar-refractivity contribution in [2.24, 2.45) is 11.3 Å². The molecule has 37 heavy (non-hydrogen) atoms. The number of halogens is 1. The third-order valence-corrected chi connectivity index (χ3v) is 7.33. The van der Waals surface area contributed by atoms with Crippen molar-refractivity contribution in [1.82, 2.24) is 31.1 Å². The van der Waals surface area contributed by atoms with Gasteiger partial charge in [0.25, 0.3) is 0 Å². The van der Waals surface area contributed by atoms with Gasteiger partial charge in [-0.1, -0.05) is 32.9 Å². The van der Waals surface area contributed by atoms with Gasteiger partial charge in [0.1, 0.15) is 11.9 Å². The molecule has 11 heteroatoms. The van der Waals surface area contributed by atoms with Crippen molar-refractivity contribution in [3.05, 3.63) is 35.6 Å². The first-order chi connectivity index (χ1) is 17.4. The number of hydrogen-bond acceptors (Lipinski definition) is 5. The van der Waals surface area contributed by atoms with Crippen LogP contribution in [0.5, 0.6) is 0 Å². The monoisotopic (exact) mass is 518 g/mol. The van der Waals surface area contributed by atoms with Gasteiger partial charge in [0.2, 0.25) is 17.7 Å². The fourth-order valence-electron chi connectivity index (χ4n) is 5.09. The predicted molar refractivity (Wildman–Crippen MR) is 137 cm³/mol. The van der Waals surface area contributed by atoms with Crippen LogP contribution in [0.4, 0.5) is 9.18 Å². The smallest absolute Gasteiger partial charge is 0.317 e. The van der Waals surface area contributed by atoms with Gasteiger partial charge in [-0.3, -0.25) is 14.4 Å². The van der Waals surface area contributed by atoms with Crippen LogP contribution in [0.2, 0.25) is 0 Å². The normalized spacial score (nSPS) is 22.7. The molecule has 0 spiro atoms. The van der Waals surface area contributed by atoms with E-state index in [0.29, 0.717) is 13.0 Å². The van der Waals surface area contributed by atoms with Crippen LogP contribution in [0.25, 0.3) is 0 Å². The lowest BCUT2D eigenvalue weighted by atomic mass is 9.85. The third kappa shape index (κ3) is 6.20.